The smallest absolute Gasteiger partial charge is 0.362 e. The Labute approximate surface area is 190 Å². The average Bonchev–Trinajstić information content (AvgIpc) is 2.75. The molecule has 0 aliphatic carbocycles. The number of H-pyrrole nitrogens is 1. The number of aromatic nitrogens is 2. The minimum atomic E-state index is -4.49. The molecule has 0 saturated heterocycles. The normalized spacial score (nSPS) is 11.6. The predicted molar refractivity (Wildman–Crippen MR) is 122 cm³/mol. The Hall–Kier alpha value is -3.59. The molecule has 2 heterocycles. The Bertz CT molecular complexity index is 1420. The van der Waals surface area contributed by atoms with Crippen LogP contribution in [0.1, 0.15) is 5.56 Å². The number of rotatable bonds is 4. The number of hydrogen-bond donors (Lipinski definition) is 2. The standard InChI is InChI=1S/C23H17ClF4N4O/c1-32(2)21-20(11-16(22(33)31-21)15-10-13(24)4-6-17(15)25)30-18-7-8-29-19-9-12(23(26,27)28)3-5-14(18)19/h3-11H,1-2H3,(H,29,30)(H,31,33). The van der Waals surface area contributed by atoms with E-state index >= 15 is 0 Å². The van der Waals surface area contributed by atoms with Crippen LogP contribution in [-0.2, 0) is 6.18 Å². The molecule has 0 amide bonds. The molecular formula is C23H17ClF4N4O. The number of hydrogen-bond acceptors (Lipinski definition) is 4. The van der Waals surface area contributed by atoms with Crippen molar-refractivity contribution in [2.45, 2.75) is 6.18 Å². The summed E-state index contributed by atoms with van der Waals surface area (Å²) in [6.45, 7) is 0. The van der Waals surface area contributed by atoms with Gasteiger partial charge in [-0.1, -0.05) is 17.7 Å². The summed E-state index contributed by atoms with van der Waals surface area (Å²) in [5.74, 6) is -0.231. The second-order valence-corrected chi connectivity index (χ2v) is 7.94. The van der Waals surface area contributed by atoms with Crippen LogP contribution in [0.25, 0.3) is 22.0 Å². The largest absolute Gasteiger partial charge is 0.416 e. The van der Waals surface area contributed by atoms with Gasteiger partial charge in [0.25, 0.3) is 5.56 Å². The molecule has 0 aliphatic heterocycles. The van der Waals surface area contributed by atoms with Crippen molar-refractivity contribution >= 4 is 39.7 Å². The highest BCUT2D eigenvalue weighted by Gasteiger charge is 2.30. The molecule has 0 aliphatic rings. The van der Waals surface area contributed by atoms with Gasteiger partial charge in [-0.05, 0) is 42.5 Å². The van der Waals surface area contributed by atoms with E-state index < -0.39 is 23.1 Å². The number of alkyl halides is 3. The Balaban J connectivity index is 1.86. The van der Waals surface area contributed by atoms with Gasteiger partial charge < -0.3 is 15.2 Å². The van der Waals surface area contributed by atoms with Crippen LogP contribution in [0.3, 0.4) is 0 Å². The second kappa shape index (κ2) is 8.40. The molecule has 0 unspecified atom stereocenters. The summed E-state index contributed by atoms with van der Waals surface area (Å²) in [6, 6.07) is 10.2. The number of fused-ring (bicyclic) bond motifs is 1. The predicted octanol–water partition coefficient (Wildman–Crippen LogP) is 6.21. The third-order valence-corrected chi connectivity index (χ3v) is 5.26. The van der Waals surface area contributed by atoms with E-state index in [0.717, 1.165) is 12.1 Å². The first-order valence-corrected chi connectivity index (χ1v) is 10.1. The minimum Gasteiger partial charge on any atom is -0.362 e. The van der Waals surface area contributed by atoms with Crippen LogP contribution in [0.4, 0.5) is 34.8 Å². The quantitative estimate of drug-likeness (QED) is 0.344. The third-order valence-electron chi connectivity index (χ3n) is 5.03. The first-order valence-electron chi connectivity index (χ1n) is 9.67. The Morgan fingerprint density at radius 3 is 2.45 bits per heavy atom. The van der Waals surface area contributed by atoms with Gasteiger partial charge in [-0.25, -0.2) is 4.39 Å². The van der Waals surface area contributed by atoms with Gasteiger partial charge in [0.05, 0.1) is 22.3 Å². The number of nitrogens with zero attached hydrogens (tertiary/aromatic N) is 2. The van der Waals surface area contributed by atoms with Gasteiger partial charge in [-0.3, -0.25) is 9.78 Å². The van der Waals surface area contributed by atoms with Crippen LogP contribution in [-0.4, -0.2) is 24.1 Å². The van der Waals surface area contributed by atoms with Crippen molar-refractivity contribution in [1.29, 1.82) is 0 Å². The zero-order valence-electron chi connectivity index (χ0n) is 17.4. The maximum Gasteiger partial charge on any atom is 0.416 e. The zero-order valence-corrected chi connectivity index (χ0v) is 18.1. The van der Waals surface area contributed by atoms with Gasteiger partial charge in [-0.2, -0.15) is 13.2 Å². The molecule has 0 bridgehead atoms. The molecule has 2 aromatic carbocycles. The SMILES string of the molecule is CN(C)c1[nH]c(=O)c(-c2cc(Cl)ccc2F)cc1Nc1ccnc2cc(C(F)(F)F)ccc12. The maximum absolute atomic E-state index is 14.5. The van der Waals surface area contributed by atoms with E-state index in [0.29, 0.717) is 22.6 Å². The summed E-state index contributed by atoms with van der Waals surface area (Å²) in [5, 5.41) is 3.84. The van der Waals surface area contributed by atoms with Gasteiger partial charge in [-0.15, -0.1) is 0 Å². The van der Waals surface area contributed by atoms with Crippen molar-refractivity contribution in [2.24, 2.45) is 0 Å². The average molecular weight is 477 g/mol. The summed E-state index contributed by atoms with van der Waals surface area (Å²) in [7, 11) is 3.41. The summed E-state index contributed by atoms with van der Waals surface area (Å²) < 4.78 is 53.7. The summed E-state index contributed by atoms with van der Waals surface area (Å²) in [6.07, 6.45) is -3.12. The summed E-state index contributed by atoms with van der Waals surface area (Å²) >= 11 is 5.99. The highest BCUT2D eigenvalue weighted by molar-refractivity contribution is 6.30. The fourth-order valence-electron chi connectivity index (χ4n) is 3.45. The molecule has 2 N–H and O–H groups in total. The highest BCUT2D eigenvalue weighted by atomic mass is 35.5. The lowest BCUT2D eigenvalue weighted by Crippen LogP contribution is -2.20. The van der Waals surface area contributed by atoms with E-state index in [-0.39, 0.29) is 21.7 Å². The van der Waals surface area contributed by atoms with Crippen molar-refractivity contribution in [3.05, 3.63) is 81.5 Å². The Morgan fingerprint density at radius 2 is 1.76 bits per heavy atom. The number of benzene rings is 2. The molecule has 0 saturated carbocycles. The molecule has 4 rings (SSSR count). The summed E-state index contributed by atoms with van der Waals surface area (Å²) in [4.78, 5) is 21.1. The molecule has 33 heavy (non-hydrogen) atoms. The first-order chi connectivity index (χ1) is 15.5. The van der Waals surface area contributed by atoms with Crippen molar-refractivity contribution in [1.82, 2.24) is 9.97 Å². The number of nitrogens with one attached hydrogen (secondary N) is 2. The van der Waals surface area contributed by atoms with Crippen molar-refractivity contribution in [3.8, 4) is 11.1 Å². The van der Waals surface area contributed by atoms with Gasteiger partial charge in [0, 0.05) is 42.0 Å². The molecule has 2 aromatic heterocycles. The molecule has 10 heteroatoms. The lowest BCUT2D eigenvalue weighted by atomic mass is 10.1. The van der Waals surface area contributed by atoms with Gasteiger partial charge in [0.15, 0.2) is 0 Å². The van der Waals surface area contributed by atoms with Gasteiger partial charge in [0.2, 0.25) is 0 Å². The van der Waals surface area contributed by atoms with Crippen LogP contribution in [0, 0.1) is 5.82 Å². The van der Waals surface area contributed by atoms with E-state index in [9.17, 15) is 22.4 Å². The van der Waals surface area contributed by atoms with Gasteiger partial charge in [0.1, 0.15) is 11.6 Å². The van der Waals surface area contributed by atoms with Gasteiger partial charge >= 0.3 is 6.18 Å². The molecule has 4 aromatic rings. The van der Waals surface area contributed by atoms with Crippen LogP contribution < -0.4 is 15.8 Å². The van der Waals surface area contributed by atoms with Crippen molar-refractivity contribution in [2.75, 3.05) is 24.3 Å². The topological polar surface area (TPSA) is 61.0 Å². The molecule has 0 radical (unpaired) electrons. The molecule has 0 spiro atoms. The fourth-order valence-corrected chi connectivity index (χ4v) is 3.62. The Morgan fingerprint density at radius 1 is 1.00 bits per heavy atom. The summed E-state index contributed by atoms with van der Waals surface area (Å²) in [5.41, 5.74) is -0.266. The fraction of sp³-hybridized carbons (Fsp3) is 0.130. The number of pyridine rings is 2. The molecule has 0 atom stereocenters. The van der Waals surface area contributed by atoms with Crippen molar-refractivity contribution < 1.29 is 17.6 Å². The maximum atomic E-state index is 14.5. The molecule has 0 fully saturated rings. The van der Waals surface area contributed by atoms with Crippen LogP contribution in [0.15, 0.2) is 59.5 Å². The van der Waals surface area contributed by atoms with E-state index in [2.05, 4.69) is 15.3 Å². The number of halogens is 5. The molecule has 170 valence electrons. The lowest BCUT2D eigenvalue weighted by molar-refractivity contribution is -0.137. The second-order valence-electron chi connectivity index (χ2n) is 7.51. The van der Waals surface area contributed by atoms with E-state index in [1.165, 1.54) is 36.5 Å². The lowest BCUT2D eigenvalue weighted by Gasteiger charge is -2.20. The van der Waals surface area contributed by atoms with E-state index in [1.807, 2.05) is 0 Å². The number of aromatic amines is 1. The zero-order chi connectivity index (χ0) is 23.9. The Kier molecular flexibility index (Phi) is 5.75. The minimum absolute atomic E-state index is 0.0199. The first kappa shape index (κ1) is 22.6. The van der Waals surface area contributed by atoms with Crippen molar-refractivity contribution in [3.63, 3.8) is 0 Å². The van der Waals surface area contributed by atoms with E-state index in [4.69, 9.17) is 11.6 Å². The monoisotopic (exact) mass is 476 g/mol. The molecular weight excluding hydrogens is 460 g/mol. The number of anilines is 3. The molecule has 5 nitrogen and oxygen atoms in total. The van der Waals surface area contributed by atoms with Crippen LogP contribution in [0.2, 0.25) is 5.02 Å². The third kappa shape index (κ3) is 4.49. The highest BCUT2D eigenvalue weighted by Crippen LogP contribution is 2.35. The van der Waals surface area contributed by atoms with E-state index in [1.54, 1.807) is 25.1 Å². The van der Waals surface area contributed by atoms with Crippen LogP contribution in [0.5, 0.6) is 0 Å². The van der Waals surface area contributed by atoms with Crippen LogP contribution >= 0.6 is 11.6 Å².